The molecule has 0 saturated carbocycles. The number of hydrogen-bond donors (Lipinski definition) is 2. The normalized spacial score (nSPS) is 15.9. The van der Waals surface area contributed by atoms with Crippen LogP contribution in [0.4, 0.5) is 23.7 Å². The Morgan fingerprint density at radius 3 is 2.55 bits per heavy atom. The molecule has 9 heteroatoms. The van der Waals surface area contributed by atoms with E-state index < -0.39 is 18.4 Å². The molecule has 5 nitrogen and oxygen atoms in total. The van der Waals surface area contributed by atoms with Crippen LogP contribution < -0.4 is 5.32 Å². The second-order valence-corrected chi connectivity index (χ2v) is 8.07. The molecule has 3 rings (SSSR count). The Morgan fingerprint density at radius 1 is 1.26 bits per heavy atom. The Kier molecular flexibility index (Phi) is 7.01. The van der Waals surface area contributed by atoms with Crippen molar-refractivity contribution in [3.63, 3.8) is 0 Å². The fourth-order valence-electron chi connectivity index (χ4n) is 3.69. The number of nitrogens with zero attached hydrogens (tertiary/aromatic N) is 1. The molecule has 31 heavy (non-hydrogen) atoms. The van der Waals surface area contributed by atoms with Gasteiger partial charge < -0.3 is 15.2 Å². The van der Waals surface area contributed by atoms with Crippen LogP contribution in [0.15, 0.2) is 36.4 Å². The fraction of sp³-hybridized carbons (Fsp3) is 0.409. The maximum atomic E-state index is 13.8. The molecule has 0 bridgehead atoms. The van der Waals surface area contributed by atoms with Gasteiger partial charge in [0.1, 0.15) is 12.1 Å². The van der Waals surface area contributed by atoms with E-state index in [1.165, 1.54) is 18.2 Å². The summed E-state index contributed by atoms with van der Waals surface area (Å²) in [6.07, 6.45) is -5.44. The number of halogens is 4. The Balaban J connectivity index is 1.79. The molecule has 2 aromatic rings. The SMILES string of the molecule is CCc1ccc(N[C@@H](c2ccc(Cl)c(C)c2)C(F)(F)F)cc1CN1CC(OC(=O)O)C1. The van der Waals surface area contributed by atoms with Crippen LogP contribution in [0.3, 0.4) is 0 Å². The minimum absolute atomic E-state index is 0.0897. The third-order valence-corrected chi connectivity index (χ3v) is 5.75. The minimum Gasteiger partial charge on any atom is -0.450 e. The van der Waals surface area contributed by atoms with E-state index in [0.717, 1.165) is 17.5 Å². The van der Waals surface area contributed by atoms with E-state index in [0.29, 0.717) is 35.9 Å². The van der Waals surface area contributed by atoms with Gasteiger partial charge in [-0.15, -0.1) is 0 Å². The zero-order chi connectivity index (χ0) is 22.8. The number of aryl methyl sites for hydroxylation is 2. The summed E-state index contributed by atoms with van der Waals surface area (Å²) in [7, 11) is 0. The lowest BCUT2D eigenvalue weighted by molar-refractivity contribution is -0.144. The Hall–Kier alpha value is -2.45. The molecular formula is C22H24ClF3N2O3. The lowest BCUT2D eigenvalue weighted by Gasteiger charge is -2.38. The molecule has 0 radical (unpaired) electrons. The Morgan fingerprint density at radius 2 is 1.97 bits per heavy atom. The molecule has 1 fully saturated rings. The number of likely N-dealkylation sites (tertiary alicyclic amines) is 1. The summed E-state index contributed by atoms with van der Waals surface area (Å²) in [5.41, 5.74) is 2.95. The van der Waals surface area contributed by atoms with E-state index in [4.69, 9.17) is 21.4 Å². The van der Waals surface area contributed by atoms with Crippen LogP contribution in [0.25, 0.3) is 0 Å². The van der Waals surface area contributed by atoms with Gasteiger partial charge in [-0.1, -0.05) is 36.7 Å². The van der Waals surface area contributed by atoms with Crippen molar-refractivity contribution in [3.8, 4) is 0 Å². The van der Waals surface area contributed by atoms with E-state index in [1.54, 1.807) is 19.1 Å². The molecule has 0 spiro atoms. The number of hydrogen-bond acceptors (Lipinski definition) is 4. The number of rotatable bonds is 7. The lowest BCUT2D eigenvalue weighted by Crippen LogP contribution is -2.52. The van der Waals surface area contributed by atoms with E-state index >= 15 is 0 Å². The van der Waals surface area contributed by atoms with E-state index in [1.807, 2.05) is 17.9 Å². The summed E-state index contributed by atoms with van der Waals surface area (Å²) >= 11 is 5.97. The van der Waals surface area contributed by atoms with Gasteiger partial charge >= 0.3 is 12.3 Å². The molecule has 1 aliphatic heterocycles. The van der Waals surface area contributed by atoms with Crippen molar-refractivity contribution in [1.29, 1.82) is 0 Å². The van der Waals surface area contributed by atoms with Gasteiger partial charge in [0.05, 0.1) is 0 Å². The highest BCUT2D eigenvalue weighted by atomic mass is 35.5. The summed E-state index contributed by atoms with van der Waals surface area (Å²) in [6, 6.07) is 7.62. The number of benzene rings is 2. The number of carbonyl (C=O) groups is 1. The first-order valence-corrected chi connectivity index (χ1v) is 10.3. The van der Waals surface area contributed by atoms with Gasteiger partial charge in [0.25, 0.3) is 0 Å². The molecule has 168 valence electrons. The first kappa shape index (κ1) is 23.2. The van der Waals surface area contributed by atoms with Crippen molar-refractivity contribution in [3.05, 3.63) is 63.7 Å². The zero-order valence-corrected chi connectivity index (χ0v) is 17.9. The van der Waals surface area contributed by atoms with Crippen LogP contribution in [-0.4, -0.2) is 41.5 Å². The van der Waals surface area contributed by atoms with Gasteiger partial charge in [0.2, 0.25) is 0 Å². The van der Waals surface area contributed by atoms with Crippen LogP contribution in [0.2, 0.25) is 5.02 Å². The Labute approximate surface area is 183 Å². The molecule has 1 heterocycles. The Bertz CT molecular complexity index is 946. The number of ether oxygens (including phenoxy) is 1. The van der Waals surface area contributed by atoms with Crippen molar-refractivity contribution >= 4 is 23.4 Å². The van der Waals surface area contributed by atoms with Gasteiger partial charge in [-0.2, -0.15) is 13.2 Å². The predicted octanol–water partition coefficient (Wildman–Crippen LogP) is 5.81. The zero-order valence-electron chi connectivity index (χ0n) is 17.2. The summed E-state index contributed by atoms with van der Waals surface area (Å²) in [5.74, 6) is 0. The topological polar surface area (TPSA) is 61.8 Å². The fourth-order valence-corrected chi connectivity index (χ4v) is 3.80. The molecule has 1 atom stereocenters. The lowest BCUT2D eigenvalue weighted by atomic mass is 10.00. The number of carboxylic acid groups (broad SMARTS) is 1. The average molecular weight is 457 g/mol. The van der Waals surface area contributed by atoms with Crippen molar-refractivity contribution in [1.82, 2.24) is 4.90 Å². The molecular weight excluding hydrogens is 433 g/mol. The van der Waals surface area contributed by atoms with E-state index in [-0.39, 0.29) is 11.7 Å². The van der Waals surface area contributed by atoms with E-state index in [9.17, 15) is 18.0 Å². The van der Waals surface area contributed by atoms with Crippen LogP contribution in [0.1, 0.15) is 35.2 Å². The summed E-state index contributed by atoms with van der Waals surface area (Å²) in [6.45, 7) is 5.08. The number of alkyl halides is 3. The van der Waals surface area contributed by atoms with Gasteiger partial charge in [0, 0.05) is 30.3 Å². The van der Waals surface area contributed by atoms with Gasteiger partial charge in [-0.05, 0) is 53.8 Å². The standard InChI is InChI=1S/C22H24ClF3N2O3/c1-3-14-4-6-17(9-16(14)10-28-11-18(12-28)31-21(29)30)27-20(22(24,25)26)15-5-7-19(23)13(2)8-15/h4-9,18,20,27H,3,10-12H2,1-2H3,(H,29,30)/t20-/m0/s1. The highest BCUT2D eigenvalue weighted by Gasteiger charge is 2.41. The van der Waals surface area contributed by atoms with E-state index in [2.05, 4.69) is 5.32 Å². The molecule has 2 N–H and O–H groups in total. The minimum atomic E-state index is -4.50. The molecule has 0 aliphatic carbocycles. The van der Waals surface area contributed by atoms with Crippen LogP contribution in [-0.2, 0) is 17.7 Å². The monoisotopic (exact) mass is 456 g/mol. The molecule has 1 aliphatic rings. The van der Waals surface area contributed by atoms with Crippen molar-refractivity contribution in [2.75, 3.05) is 18.4 Å². The van der Waals surface area contributed by atoms with Crippen molar-refractivity contribution in [2.45, 2.75) is 45.1 Å². The van der Waals surface area contributed by atoms with Crippen molar-refractivity contribution in [2.24, 2.45) is 0 Å². The summed E-state index contributed by atoms with van der Waals surface area (Å²) < 4.78 is 46.2. The first-order valence-electron chi connectivity index (χ1n) is 9.89. The summed E-state index contributed by atoms with van der Waals surface area (Å²) in [4.78, 5) is 12.6. The molecule has 1 saturated heterocycles. The molecule has 0 amide bonds. The second-order valence-electron chi connectivity index (χ2n) is 7.66. The summed E-state index contributed by atoms with van der Waals surface area (Å²) in [5, 5.41) is 11.7. The highest BCUT2D eigenvalue weighted by Crippen LogP contribution is 2.37. The third-order valence-electron chi connectivity index (χ3n) is 5.33. The average Bonchev–Trinajstić information content (AvgIpc) is 2.65. The first-order chi connectivity index (χ1) is 14.6. The maximum Gasteiger partial charge on any atom is 0.506 e. The molecule has 2 aromatic carbocycles. The maximum absolute atomic E-state index is 13.8. The second kappa shape index (κ2) is 9.36. The van der Waals surface area contributed by atoms with Gasteiger partial charge in [-0.25, -0.2) is 4.79 Å². The van der Waals surface area contributed by atoms with Crippen molar-refractivity contribution < 1.29 is 27.8 Å². The smallest absolute Gasteiger partial charge is 0.450 e. The largest absolute Gasteiger partial charge is 0.506 e. The molecule has 0 aromatic heterocycles. The van der Waals surface area contributed by atoms with Crippen LogP contribution >= 0.6 is 11.6 Å². The van der Waals surface area contributed by atoms with Gasteiger partial charge in [-0.3, -0.25) is 4.90 Å². The highest BCUT2D eigenvalue weighted by molar-refractivity contribution is 6.31. The third kappa shape index (κ3) is 5.83. The predicted molar refractivity (Wildman–Crippen MR) is 113 cm³/mol. The number of nitrogens with one attached hydrogen (secondary N) is 1. The molecule has 0 unspecified atom stereocenters. The quantitative estimate of drug-likeness (QED) is 0.515. The van der Waals surface area contributed by atoms with Gasteiger partial charge in [0.15, 0.2) is 0 Å². The van der Waals surface area contributed by atoms with Crippen LogP contribution in [0, 0.1) is 6.92 Å². The van der Waals surface area contributed by atoms with Crippen LogP contribution in [0.5, 0.6) is 0 Å². The number of anilines is 1.